The Morgan fingerprint density at radius 3 is 2.36 bits per heavy atom. The summed E-state index contributed by atoms with van der Waals surface area (Å²) in [6.07, 6.45) is 0. The highest BCUT2D eigenvalue weighted by Gasteiger charge is 1.98. The van der Waals surface area contributed by atoms with Crippen molar-refractivity contribution in [2.45, 2.75) is 11.8 Å². The Morgan fingerprint density at radius 1 is 1.36 bits per heavy atom. The number of carboxylic acid groups (broad SMARTS) is 1. The van der Waals surface area contributed by atoms with Crippen molar-refractivity contribution in [3.05, 3.63) is 29.8 Å². The van der Waals surface area contributed by atoms with Crippen LogP contribution in [0.5, 0.6) is 0 Å². The van der Waals surface area contributed by atoms with E-state index in [0.29, 0.717) is 0 Å². The number of benzene rings is 1. The zero-order valence-corrected chi connectivity index (χ0v) is 6.89. The number of thioether (sulfide) groups is 1. The lowest BCUT2D eigenvalue weighted by Gasteiger charge is -1.95. The molecule has 0 amide bonds. The highest BCUT2D eigenvalue weighted by molar-refractivity contribution is 8.13. The van der Waals surface area contributed by atoms with Crippen LogP contribution in [-0.4, -0.2) is 10.4 Å². The number of carbonyl (C=O) groups is 1. The van der Waals surface area contributed by atoms with Crippen molar-refractivity contribution in [3.63, 3.8) is 0 Å². The minimum Gasteiger partial charge on any atom is -0.473 e. The third-order valence-corrected chi connectivity index (χ3v) is 1.91. The van der Waals surface area contributed by atoms with E-state index in [1.54, 1.807) is 12.1 Å². The van der Waals surface area contributed by atoms with Crippen molar-refractivity contribution >= 4 is 17.1 Å². The highest BCUT2D eigenvalue weighted by Crippen LogP contribution is 2.18. The van der Waals surface area contributed by atoms with Gasteiger partial charge >= 0.3 is 5.30 Å². The van der Waals surface area contributed by atoms with Gasteiger partial charge < -0.3 is 5.11 Å². The Kier molecular flexibility index (Phi) is 2.54. The van der Waals surface area contributed by atoms with E-state index in [9.17, 15) is 4.79 Å². The van der Waals surface area contributed by atoms with Gasteiger partial charge in [0, 0.05) is 4.90 Å². The molecule has 0 aliphatic rings. The Morgan fingerprint density at radius 2 is 1.91 bits per heavy atom. The molecule has 0 aliphatic carbocycles. The van der Waals surface area contributed by atoms with E-state index >= 15 is 0 Å². The Labute approximate surface area is 69.2 Å². The van der Waals surface area contributed by atoms with Gasteiger partial charge in [0.05, 0.1) is 0 Å². The van der Waals surface area contributed by atoms with Gasteiger partial charge in [-0.25, -0.2) is 4.79 Å². The first-order valence-electron chi connectivity index (χ1n) is 3.16. The number of rotatable bonds is 1. The van der Waals surface area contributed by atoms with Gasteiger partial charge in [0.25, 0.3) is 0 Å². The van der Waals surface area contributed by atoms with Crippen molar-refractivity contribution in [1.82, 2.24) is 0 Å². The Bertz CT molecular complexity index is 253. The Balaban J connectivity index is 2.74. The molecule has 1 N–H and O–H groups in total. The van der Waals surface area contributed by atoms with E-state index < -0.39 is 5.30 Å². The van der Waals surface area contributed by atoms with Gasteiger partial charge in [-0.2, -0.15) is 0 Å². The van der Waals surface area contributed by atoms with Gasteiger partial charge in [-0.15, -0.1) is 0 Å². The third-order valence-electron chi connectivity index (χ3n) is 1.23. The third kappa shape index (κ3) is 2.63. The summed E-state index contributed by atoms with van der Waals surface area (Å²) in [4.78, 5) is 11.0. The van der Waals surface area contributed by atoms with Crippen LogP contribution < -0.4 is 0 Å². The fourth-order valence-corrected chi connectivity index (χ4v) is 1.18. The first-order chi connectivity index (χ1) is 5.18. The van der Waals surface area contributed by atoms with Crippen LogP contribution in [0.2, 0.25) is 0 Å². The Hall–Kier alpha value is -0.960. The summed E-state index contributed by atoms with van der Waals surface area (Å²) in [6, 6.07) is 7.39. The van der Waals surface area contributed by atoms with Gasteiger partial charge in [0.2, 0.25) is 0 Å². The number of aryl methyl sites for hydroxylation is 1. The smallest absolute Gasteiger partial charge is 0.369 e. The predicted octanol–water partition coefficient (Wildman–Crippen LogP) is 2.77. The average Bonchev–Trinajstić information content (AvgIpc) is 1.93. The molecule has 11 heavy (non-hydrogen) atoms. The van der Waals surface area contributed by atoms with Gasteiger partial charge in [-0.05, 0) is 30.8 Å². The summed E-state index contributed by atoms with van der Waals surface area (Å²) in [5, 5.41) is 7.53. The topological polar surface area (TPSA) is 37.3 Å². The molecule has 3 heteroatoms. The predicted molar refractivity (Wildman–Crippen MR) is 45.1 cm³/mol. The van der Waals surface area contributed by atoms with Crippen LogP contribution >= 0.6 is 11.8 Å². The summed E-state index contributed by atoms with van der Waals surface area (Å²) in [5.74, 6) is 0. The minimum absolute atomic E-state index is 0.767. The second kappa shape index (κ2) is 3.44. The number of hydrogen-bond donors (Lipinski definition) is 1. The van der Waals surface area contributed by atoms with Gasteiger partial charge in [0.1, 0.15) is 0 Å². The lowest BCUT2D eigenvalue weighted by Crippen LogP contribution is -1.82. The van der Waals surface area contributed by atoms with E-state index in [2.05, 4.69) is 0 Å². The van der Waals surface area contributed by atoms with Crippen LogP contribution in [0.15, 0.2) is 29.2 Å². The van der Waals surface area contributed by atoms with E-state index in [1.165, 1.54) is 0 Å². The maximum absolute atomic E-state index is 10.2. The second-order valence-electron chi connectivity index (χ2n) is 2.18. The lowest BCUT2D eigenvalue weighted by atomic mass is 10.2. The van der Waals surface area contributed by atoms with Crippen molar-refractivity contribution in [2.75, 3.05) is 0 Å². The van der Waals surface area contributed by atoms with E-state index in [4.69, 9.17) is 5.11 Å². The maximum atomic E-state index is 10.2. The van der Waals surface area contributed by atoms with Crippen LogP contribution in [0.4, 0.5) is 4.79 Å². The van der Waals surface area contributed by atoms with E-state index in [0.717, 1.165) is 22.2 Å². The lowest BCUT2D eigenvalue weighted by molar-refractivity contribution is 0.222. The standard InChI is InChI=1S/C8H8O2S/c1-6-2-4-7(5-3-6)11-8(9)10/h2-5H,1H3,(H,9,10). The molecule has 0 bridgehead atoms. The molecule has 0 atom stereocenters. The molecule has 0 spiro atoms. The monoisotopic (exact) mass is 168 g/mol. The fraction of sp³-hybridized carbons (Fsp3) is 0.125. The van der Waals surface area contributed by atoms with Crippen molar-refractivity contribution in [3.8, 4) is 0 Å². The molecule has 58 valence electrons. The second-order valence-corrected chi connectivity index (χ2v) is 3.21. The zero-order valence-electron chi connectivity index (χ0n) is 6.07. The summed E-state index contributed by atoms with van der Waals surface area (Å²) in [7, 11) is 0. The molecule has 1 aromatic rings. The molecular weight excluding hydrogens is 160 g/mol. The molecule has 0 aliphatic heterocycles. The first-order valence-corrected chi connectivity index (χ1v) is 3.97. The first kappa shape index (κ1) is 8.14. The van der Waals surface area contributed by atoms with Crippen LogP contribution in [0.3, 0.4) is 0 Å². The molecule has 0 fully saturated rings. The SMILES string of the molecule is Cc1ccc(SC(=O)O)cc1. The van der Waals surface area contributed by atoms with Crippen molar-refractivity contribution < 1.29 is 9.90 Å². The summed E-state index contributed by atoms with van der Waals surface area (Å²) < 4.78 is 0. The van der Waals surface area contributed by atoms with Crippen LogP contribution in [0, 0.1) is 6.92 Å². The summed E-state index contributed by atoms with van der Waals surface area (Å²) >= 11 is 0.824. The molecular formula is C8H8O2S. The molecule has 1 aromatic carbocycles. The minimum atomic E-state index is -0.867. The van der Waals surface area contributed by atoms with E-state index in [1.807, 2.05) is 19.1 Å². The number of hydrogen-bond acceptors (Lipinski definition) is 2. The van der Waals surface area contributed by atoms with Crippen LogP contribution in [0.1, 0.15) is 5.56 Å². The van der Waals surface area contributed by atoms with Crippen molar-refractivity contribution in [1.29, 1.82) is 0 Å². The summed E-state index contributed by atoms with van der Waals surface area (Å²) in [5.41, 5.74) is 1.14. The van der Waals surface area contributed by atoms with Crippen LogP contribution in [-0.2, 0) is 0 Å². The van der Waals surface area contributed by atoms with E-state index in [-0.39, 0.29) is 0 Å². The molecule has 0 heterocycles. The molecule has 0 radical (unpaired) electrons. The molecule has 0 saturated carbocycles. The molecule has 1 rings (SSSR count). The van der Waals surface area contributed by atoms with Gasteiger partial charge in [-0.1, -0.05) is 17.7 Å². The highest BCUT2D eigenvalue weighted by atomic mass is 32.2. The van der Waals surface area contributed by atoms with Gasteiger partial charge in [-0.3, -0.25) is 0 Å². The fourth-order valence-electron chi connectivity index (χ4n) is 0.707. The normalized spacial score (nSPS) is 9.55. The van der Waals surface area contributed by atoms with Gasteiger partial charge in [0.15, 0.2) is 0 Å². The largest absolute Gasteiger partial charge is 0.473 e. The maximum Gasteiger partial charge on any atom is 0.369 e. The molecule has 0 saturated heterocycles. The average molecular weight is 168 g/mol. The summed E-state index contributed by atoms with van der Waals surface area (Å²) in [6.45, 7) is 1.97. The molecule has 2 nitrogen and oxygen atoms in total. The quantitative estimate of drug-likeness (QED) is 0.655. The van der Waals surface area contributed by atoms with Crippen LogP contribution in [0.25, 0.3) is 0 Å². The molecule has 0 aromatic heterocycles. The van der Waals surface area contributed by atoms with Crippen molar-refractivity contribution in [2.24, 2.45) is 0 Å². The molecule has 0 unspecified atom stereocenters. The zero-order chi connectivity index (χ0) is 8.27.